The number of ether oxygens (including phenoxy) is 3. The topological polar surface area (TPSA) is 262 Å². The molecule has 2 atom stereocenters. The lowest BCUT2D eigenvalue weighted by atomic mass is 10.0. The summed E-state index contributed by atoms with van der Waals surface area (Å²) in [5.41, 5.74) is 17.1. The summed E-state index contributed by atoms with van der Waals surface area (Å²) in [6.45, 7) is 1.10. The molecule has 0 rings (SSSR count). The molecule has 0 radical (unpaired) electrons. The number of amides is 3. The lowest BCUT2D eigenvalue weighted by molar-refractivity contribution is -0.138. The van der Waals surface area contributed by atoms with Crippen molar-refractivity contribution in [3.63, 3.8) is 0 Å². The summed E-state index contributed by atoms with van der Waals surface area (Å²) in [5, 5.41) is 16.1. The molecule has 43 heavy (non-hydrogen) atoms. The van der Waals surface area contributed by atoms with Gasteiger partial charge in [0, 0.05) is 19.4 Å². The number of nitrogens with one attached hydrogen (secondary N) is 3. The Labute approximate surface area is 248 Å². The first-order valence-corrected chi connectivity index (χ1v) is 13.4. The van der Waals surface area contributed by atoms with Crippen molar-refractivity contribution < 1.29 is 57.7 Å². The molecule has 18 nitrogen and oxygen atoms in total. The van der Waals surface area contributed by atoms with Crippen molar-refractivity contribution >= 4 is 47.7 Å². The molecule has 0 aromatic heterocycles. The van der Waals surface area contributed by atoms with E-state index < -0.39 is 47.3 Å². The molecule has 4 N–H and O–H groups in total. The number of hydrogen-bond acceptors (Lipinski definition) is 10. The number of rotatable bonds is 26. The Morgan fingerprint density at radius 2 is 1.23 bits per heavy atom. The maximum Gasteiger partial charge on any atom is 0.323 e. The van der Waals surface area contributed by atoms with Crippen LogP contribution < -0.4 is 16.0 Å². The summed E-state index contributed by atoms with van der Waals surface area (Å²) >= 11 is 0. The number of carbonyl (C=O) groups is 6. The smallest absolute Gasteiger partial charge is 0.323 e. The lowest BCUT2D eigenvalue weighted by Gasteiger charge is -2.23. The molecule has 0 spiro atoms. The number of aliphatic carboxylic acids is 1. The first-order valence-electron chi connectivity index (χ1n) is 13.4. The zero-order chi connectivity index (χ0) is 32.5. The first-order chi connectivity index (χ1) is 20.5. The fraction of sp³-hybridized carbons (Fsp3) is 0.680. The van der Waals surface area contributed by atoms with E-state index in [0.717, 1.165) is 0 Å². The van der Waals surface area contributed by atoms with E-state index in [0.29, 0.717) is 12.4 Å². The van der Waals surface area contributed by atoms with E-state index in [4.69, 9.17) is 30.4 Å². The van der Waals surface area contributed by atoms with Crippen molar-refractivity contribution in [3.8, 4) is 0 Å². The van der Waals surface area contributed by atoms with Crippen molar-refractivity contribution in [2.75, 3.05) is 66.8 Å². The third-order valence-electron chi connectivity index (χ3n) is 5.26. The van der Waals surface area contributed by atoms with E-state index in [1.54, 1.807) is 19.0 Å². The number of hydrogen-bond donors (Lipinski definition) is 4. The quantitative estimate of drug-likeness (QED) is 0.0342. The Balaban J connectivity index is 4.98. The highest BCUT2D eigenvalue weighted by atomic mass is 16.5. The maximum absolute atomic E-state index is 13.1. The van der Waals surface area contributed by atoms with Crippen LogP contribution >= 0.6 is 0 Å². The van der Waals surface area contributed by atoms with Gasteiger partial charge in [-0.3, -0.25) is 28.8 Å². The molecule has 3 amide bonds. The molecule has 240 valence electrons. The summed E-state index contributed by atoms with van der Waals surface area (Å²) in [4.78, 5) is 79.0. The van der Waals surface area contributed by atoms with Gasteiger partial charge in [0.05, 0.1) is 52.6 Å². The summed E-state index contributed by atoms with van der Waals surface area (Å²) < 4.78 is 15.7. The molecule has 0 aromatic carbocycles. The summed E-state index contributed by atoms with van der Waals surface area (Å²) in [6, 6.07) is -2.45. The van der Waals surface area contributed by atoms with E-state index in [1.165, 1.54) is 0 Å². The number of carbonyl (C=O) groups excluding carboxylic acids is 5. The molecule has 0 aliphatic rings. The second-order valence-electron chi connectivity index (χ2n) is 9.19. The van der Waals surface area contributed by atoms with E-state index >= 15 is 0 Å². The highest BCUT2D eigenvalue weighted by Gasteiger charge is 2.28. The summed E-state index contributed by atoms with van der Waals surface area (Å²) in [7, 11) is 3.28. The van der Waals surface area contributed by atoms with Crippen LogP contribution in [0.15, 0.2) is 0 Å². The van der Waals surface area contributed by atoms with Gasteiger partial charge >= 0.3 is 18.4 Å². The lowest BCUT2D eigenvalue weighted by Crippen LogP contribution is -2.55. The number of Topliss-reactive ketones (excluding diaryl/α,β-unsaturated/α-hetero) is 2. The minimum atomic E-state index is -1.23. The van der Waals surface area contributed by atoms with Crippen LogP contribution in [0.2, 0.25) is 0 Å². The second-order valence-corrected chi connectivity index (χ2v) is 9.19. The van der Waals surface area contributed by atoms with Gasteiger partial charge in [-0.1, -0.05) is 0 Å². The largest absolute Gasteiger partial charge is 0.481 e. The third kappa shape index (κ3) is 22.1. The second kappa shape index (κ2) is 24.4. The van der Waals surface area contributed by atoms with E-state index in [2.05, 4.69) is 25.5 Å². The minimum Gasteiger partial charge on any atom is -0.481 e. The summed E-state index contributed by atoms with van der Waals surface area (Å²) in [6.07, 6.45) is 0.404. The molecule has 2 unspecified atom stereocenters. The molecule has 0 fully saturated rings. The Kier molecular flexibility index (Phi) is 22.0. The predicted octanol–water partition coefficient (Wildman–Crippen LogP) is -2.54. The fourth-order valence-electron chi connectivity index (χ4n) is 3.24. The molecule has 0 aromatic rings. The van der Waals surface area contributed by atoms with Crippen LogP contribution in [-0.4, -0.2) is 146 Å². The molecule has 0 bridgehead atoms. The van der Waals surface area contributed by atoms with Gasteiger partial charge in [0.2, 0.25) is 29.3 Å². The van der Waals surface area contributed by atoms with Gasteiger partial charge in [-0.05, 0) is 26.9 Å². The van der Waals surface area contributed by atoms with E-state index in [1.807, 2.05) is 0 Å². The Morgan fingerprint density at radius 1 is 0.744 bits per heavy atom. The number of carboxylic acid groups (broad SMARTS) is 1. The normalized spacial score (nSPS) is 11.8. The highest BCUT2D eigenvalue weighted by Crippen LogP contribution is 2.04. The first kappa shape index (κ1) is 38.8. The molecule has 0 saturated carbocycles. The fourth-order valence-corrected chi connectivity index (χ4v) is 3.24. The van der Waals surface area contributed by atoms with Crippen LogP contribution in [0.4, 0.5) is 0 Å². The zero-order valence-corrected chi connectivity index (χ0v) is 24.4. The molecule has 0 heterocycles. The molecule has 18 heteroatoms. The molecular formula is C25H40N8O10. The predicted molar refractivity (Wildman–Crippen MR) is 148 cm³/mol. The van der Waals surface area contributed by atoms with Gasteiger partial charge in [-0.2, -0.15) is 9.58 Å². The Hall–Kier alpha value is -4.18. The van der Waals surface area contributed by atoms with Gasteiger partial charge in [0.15, 0.2) is 0 Å². The Morgan fingerprint density at radius 3 is 1.72 bits per heavy atom. The number of ketones is 2. The van der Waals surface area contributed by atoms with Crippen LogP contribution in [0, 0.1) is 0 Å². The van der Waals surface area contributed by atoms with Crippen LogP contribution in [0.3, 0.4) is 0 Å². The van der Waals surface area contributed by atoms with Crippen molar-refractivity contribution in [2.45, 2.75) is 44.2 Å². The van der Waals surface area contributed by atoms with Crippen molar-refractivity contribution in [1.29, 1.82) is 0 Å². The van der Waals surface area contributed by atoms with Crippen molar-refractivity contribution in [3.05, 3.63) is 11.1 Å². The zero-order valence-electron chi connectivity index (χ0n) is 24.4. The van der Waals surface area contributed by atoms with E-state index in [-0.39, 0.29) is 84.8 Å². The molecule has 0 aliphatic carbocycles. The van der Waals surface area contributed by atoms with Gasteiger partial charge in [-0.25, -0.2) is 0 Å². The minimum absolute atomic E-state index is 0.0492. The monoisotopic (exact) mass is 612 g/mol. The van der Waals surface area contributed by atoms with Gasteiger partial charge in [0.25, 0.3) is 0 Å². The SMILES string of the molecule is CN(C)CC(=O)NC(CCC(=O)C=[N+]=[N-])C(=O)NC(CCC(=O)C=[N+]=[N-])C(=O)NCCOCCOCCOCCC(=O)O. The van der Waals surface area contributed by atoms with E-state index in [9.17, 15) is 28.8 Å². The average molecular weight is 613 g/mol. The number of nitrogens with zero attached hydrogens (tertiary/aromatic N) is 5. The highest BCUT2D eigenvalue weighted by molar-refractivity contribution is 6.25. The van der Waals surface area contributed by atoms with Gasteiger partial charge in [0.1, 0.15) is 12.1 Å². The number of carboxylic acids is 1. The van der Waals surface area contributed by atoms with Gasteiger partial charge in [-0.15, -0.1) is 0 Å². The molecular weight excluding hydrogens is 572 g/mol. The molecule has 0 aliphatic heterocycles. The third-order valence-corrected chi connectivity index (χ3v) is 5.26. The van der Waals surface area contributed by atoms with Crippen LogP contribution in [0.5, 0.6) is 0 Å². The Bertz CT molecular complexity index is 1030. The van der Waals surface area contributed by atoms with Crippen LogP contribution in [0.25, 0.3) is 11.1 Å². The number of likely N-dealkylation sites (N-methyl/N-ethyl adjacent to an activating group) is 1. The van der Waals surface area contributed by atoms with Crippen LogP contribution in [0.1, 0.15) is 32.1 Å². The maximum atomic E-state index is 13.1. The van der Waals surface area contributed by atoms with Crippen molar-refractivity contribution in [1.82, 2.24) is 20.9 Å². The van der Waals surface area contributed by atoms with Gasteiger partial charge < -0.3 is 51.2 Å². The average Bonchev–Trinajstić information content (AvgIpc) is 2.93. The standard InChI is InChI=1S/C25H40N8O10/c1-33(2)17-22(36)31-21(6-4-19(35)16-30-27)25(40)32-20(5-3-18(34)15-29-26)24(39)28-8-10-42-12-14-43-13-11-41-9-7-23(37)38/h15-16,20-21H,3-14,17H2,1-2H3,(H,28,39)(H,31,36)(H,32,40)(H,37,38). The molecule has 0 saturated heterocycles. The summed E-state index contributed by atoms with van der Waals surface area (Å²) in [5.74, 6) is -4.11. The van der Waals surface area contributed by atoms with Crippen molar-refractivity contribution in [2.24, 2.45) is 0 Å². The van der Waals surface area contributed by atoms with Crippen LogP contribution in [-0.2, 0) is 43.0 Å².